The molecule has 0 aliphatic heterocycles. The molecule has 0 heterocycles. The molecule has 0 aliphatic carbocycles. The maximum atomic E-state index is 5.03. The van der Waals surface area contributed by atoms with E-state index >= 15 is 0 Å². The Kier molecular flexibility index (Phi) is 14.2. The van der Waals surface area contributed by atoms with E-state index in [0.717, 1.165) is 17.9 Å². The highest BCUT2D eigenvalue weighted by molar-refractivity contribution is 7.80. The number of hydrogen-bond acceptors (Lipinski definition) is 3. The molecule has 2 nitrogen and oxygen atoms in total. The highest BCUT2D eigenvalue weighted by Gasteiger charge is 1.84. The minimum atomic E-state index is 0.819. The van der Waals surface area contributed by atoms with Crippen LogP contribution in [-0.2, 0) is 0 Å². The minimum Gasteiger partial charge on any atom is -0.333 e. The highest BCUT2D eigenvalue weighted by atomic mass is 32.1. The van der Waals surface area contributed by atoms with Gasteiger partial charge < -0.3 is 11.5 Å². The number of benzene rings is 1. The van der Waals surface area contributed by atoms with E-state index in [1.165, 1.54) is 12.6 Å². The summed E-state index contributed by atoms with van der Waals surface area (Å²) in [6, 6.07) is 8.02. The van der Waals surface area contributed by atoms with Crippen LogP contribution in [0.4, 0.5) is 0 Å². The van der Waals surface area contributed by atoms with E-state index in [2.05, 4.69) is 25.3 Å². The third-order valence-corrected chi connectivity index (χ3v) is 1.91. The Morgan fingerprint density at radius 3 is 1.86 bits per heavy atom. The maximum absolute atomic E-state index is 5.03. The molecule has 1 aromatic rings. The van der Waals surface area contributed by atoms with E-state index < -0.39 is 0 Å². The number of aryl methyl sites for hydroxylation is 1. The van der Waals surface area contributed by atoms with Crippen molar-refractivity contribution < 1.29 is 0 Å². The van der Waals surface area contributed by atoms with E-state index in [9.17, 15) is 0 Å². The topological polar surface area (TPSA) is 52.0 Å². The summed E-state index contributed by atoms with van der Waals surface area (Å²) in [5, 5.41) is 0. The van der Waals surface area contributed by atoms with Gasteiger partial charge in [-0.3, -0.25) is 0 Å². The van der Waals surface area contributed by atoms with Crippen LogP contribution in [0.2, 0.25) is 0 Å². The van der Waals surface area contributed by atoms with Crippen molar-refractivity contribution in [3.05, 3.63) is 29.8 Å². The van der Waals surface area contributed by atoms with Crippen LogP contribution in [-0.4, -0.2) is 13.6 Å². The third kappa shape index (κ3) is 9.58. The first-order valence-electron chi connectivity index (χ1n) is 4.74. The van der Waals surface area contributed by atoms with Crippen LogP contribution in [0.1, 0.15) is 18.9 Å². The molecule has 4 N–H and O–H groups in total. The number of hydrogen-bond donors (Lipinski definition) is 3. The second kappa shape index (κ2) is 12.5. The molecule has 0 bridgehead atoms. The lowest BCUT2D eigenvalue weighted by Crippen LogP contribution is -1.93. The summed E-state index contributed by atoms with van der Waals surface area (Å²) in [5.74, 6) is 0. The van der Waals surface area contributed by atoms with Crippen LogP contribution in [0, 0.1) is 6.92 Å². The van der Waals surface area contributed by atoms with Gasteiger partial charge in [0.05, 0.1) is 0 Å². The smallest absolute Gasteiger partial charge is 0.00692 e. The fourth-order valence-corrected chi connectivity index (χ4v) is 0.724. The number of nitrogens with two attached hydrogens (primary N) is 2. The molecule has 14 heavy (non-hydrogen) atoms. The summed E-state index contributed by atoms with van der Waals surface area (Å²) in [6.07, 6.45) is 1.10. The molecule has 82 valence electrons. The van der Waals surface area contributed by atoms with Gasteiger partial charge in [-0.25, -0.2) is 0 Å². The van der Waals surface area contributed by atoms with Gasteiger partial charge in [-0.1, -0.05) is 25.1 Å². The normalized spacial score (nSPS) is 7.86. The number of thiol groups is 1. The fourth-order valence-electron chi connectivity index (χ4n) is 0.563. The molecule has 0 amide bonds. The van der Waals surface area contributed by atoms with Gasteiger partial charge in [-0.2, -0.15) is 0 Å². The zero-order chi connectivity index (χ0) is 11.4. The van der Waals surface area contributed by atoms with Crippen LogP contribution in [0.25, 0.3) is 0 Å². The fraction of sp³-hybridized carbons (Fsp3) is 0.455. The van der Waals surface area contributed by atoms with Gasteiger partial charge in [0.1, 0.15) is 0 Å². The standard InChI is InChI=1S/C7H8S.C3H9N.CH5N/c1-6-4-2-3-5-7(6)8;1-2-3-4;1-2/h2-5,8H,1H3;2-4H2,1H3;2H2,1H3. The zero-order valence-electron chi connectivity index (χ0n) is 9.33. The summed E-state index contributed by atoms with van der Waals surface area (Å²) < 4.78 is 0. The minimum absolute atomic E-state index is 0.819. The molecule has 3 heteroatoms. The van der Waals surface area contributed by atoms with Gasteiger partial charge in [-0.15, -0.1) is 12.6 Å². The van der Waals surface area contributed by atoms with Crippen molar-refractivity contribution in [2.24, 2.45) is 11.5 Å². The van der Waals surface area contributed by atoms with Gasteiger partial charge >= 0.3 is 0 Å². The largest absolute Gasteiger partial charge is 0.333 e. The number of rotatable bonds is 1. The van der Waals surface area contributed by atoms with Crippen molar-refractivity contribution in [1.29, 1.82) is 0 Å². The molecule has 0 spiro atoms. The summed E-state index contributed by atoms with van der Waals surface area (Å²) in [4.78, 5) is 1.06. The van der Waals surface area contributed by atoms with E-state index in [-0.39, 0.29) is 0 Å². The SMILES string of the molecule is CCCN.CN.Cc1ccccc1S. The molecule has 0 aromatic heterocycles. The lowest BCUT2D eigenvalue weighted by atomic mass is 10.2. The molecular weight excluding hydrogens is 192 g/mol. The molecule has 0 aliphatic rings. The molecule has 0 unspecified atom stereocenters. The Balaban J connectivity index is 0. The first-order valence-corrected chi connectivity index (χ1v) is 5.19. The summed E-state index contributed by atoms with van der Waals surface area (Å²) in [7, 11) is 1.50. The summed E-state index contributed by atoms with van der Waals surface area (Å²) >= 11 is 4.20. The summed E-state index contributed by atoms with van der Waals surface area (Å²) in [5.41, 5.74) is 10.8. The molecule has 0 atom stereocenters. The van der Waals surface area contributed by atoms with Gasteiger partial charge in [0, 0.05) is 4.90 Å². The van der Waals surface area contributed by atoms with Crippen LogP contribution < -0.4 is 11.5 Å². The van der Waals surface area contributed by atoms with E-state index in [1.54, 1.807) is 0 Å². The lowest BCUT2D eigenvalue weighted by molar-refractivity contribution is 0.932. The average molecular weight is 214 g/mol. The quantitative estimate of drug-likeness (QED) is 0.628. The molecule has 0 saturated carbocycles. The first kappa shape index (κ1) is 15.9. The van der Waals surface area contributed by atoms with Crippen LogP contribution in [0.15, 0.2) is 29.2 Å². The molecule has 0 radical (unpaired) electrons. The first-order chi connectivity index (χ1) is 6.72. The third-order valence-electron chi connectivity index (χ3n) is 1.40. The van der Waals surface area contributed by atoms with Crippen molar-refractivity contribution in [2.45, 2.75) is 25.2 Å². The van der Waals surface area contributed by atoms with Crippen molar-refractivity contribution >= 4 is 12.6 Å². The van der Waals surface area contributed by atoms with Crippen LogP contribution >= 0.6 is 12.6 Å². The van der Waals surface area contributed by atoms with E-state index in [0.29, 0.717) is 0 Å². The molecule has 0 fully saturated rings. The maximum Gasteiger partial charge on any atom is 0.00692 e. The Hall–Kier alpha value is -0.510. The highest BCUT2D eigenvalue weighted by Crippen LogP contribution is 2.09. The Labute approximate surface area is 93.1 Å². The van der Waals surface area contributed by atoms with E-state index in [1.807, 2.05) is 31.2 Å². The Bertz CT molecular complexity index is 191. The molecule has 0 saturated heterocycles. The Morgan fingerprint density at radius 2 is 1.64 bits per heavy atom. The van der Waals surface area contributed by atoms with Gasteiger partial charge in [0.25, 0.3) is 0 Å². The van der Waals surface area contributed by atoms with Crippen LogP contribution in [0.5, 0.6) is 0 Å². The monoisotopic (exact) mass is 214 g/mol. The second-order valence-corrected chi connectivity index (χ2v) is 3.06. The van der Waals surface area contributed by atoms with E-state index in [4.69, 9.17) is 5.73 Å². The molecule has 1 aromatic carbocycles. The van der Waals surface area contributed by atoms with Crippen molar-refractivity contribution in [1.82, 2.24) is 0 Å². The summed E-state index contributed by atoms with van der Waals surface area (Å²) in [6.45, 7) is 4.92. The van der Waals surface area contributed by atoms with Gasteiger partial charge in [0.2, 0.25) is 0 Å². The zero-order valence-corrected chi connectivity index (χ0v) is 10.2. The predicted molar refractivity (Wildman–Crippen MR) is 67.9 cm³/mol. The van der Waals surface area contributed by atoms with Gasteiger partial charge in [0.15, 0.2) is 0 Å². The second-order valence-electron chi connectivity index (χ2n) is 2.58. The van der Waals surface area contributed by atoms with Crippen molar-refractivity contribution in [2.75, 3.05) is 13.6 Å². The predicted octanol–water partition coefficient (Wildman–Crippen LogP) is 2.21. The molecular formula is C11H22N2S. The molecule has 1 rings (SSSR count). The van der Waals surface area contributed by atoms with Crippen LogP contribution in [0.3, 0.4) is 0 Å². The lowest BCUT2D eigenvalue weighted by Gasteiger charge is -1.92. The Morgan fingerprint density at radius 1 is 1.21 bits per heavy atom. The average Bonchev–Trinajstić information content (AvgIpc) is 2.26. The van der Waals surface area contributed by atoms with Crippen molar-refractivity contribution in [3.63, 3.8) is 0 Å². The van der Waals surface area contributed by atoms with Crippen molar-refractivity contribution in [3.8, 4) is 0 Å². The van der Waals surface area contributed by atoms with Gasteiger partial charge in [-0.05, 0) is 38.6 Å².